The Hall–Kier alpha value is -1.18. The molecule has 1 unspecified atom stereocenters. The van der Waals surface area contributed by atoms with Crippen LogP contribution in [0.25, 0.3) is 0 Å². The summed E-state index contributed by atoms with van der Waals surface area (Å²) in [5.74, 6) is 0. The average Bonchev–Trinajstić information content (AvgIpc) is 2.17. The van der Waals surface area contributed by atoms with Gasteiger partial charge in [0.15, 0.2) is 12.5 Å². The first kappa shape index (κ1) is 8.91. The van der Waals surface area contributed by atoms with Crippen molar-refractivity contribution >= 4 is 6.29 Å². The number of alkyl halides is 1. The maximum absolute atomic E-state index is 12.7. The number of aldehydes is 1. The van der Waals surface area contributed by atoms with Crippen LogP contribution in [-0.4, -0.2) is 6.29 Å². The molecule has 1 aromatic carbocycles. The maximum Gasteiger partial charge on any atom is 0.180 e. The van der Waals surface area contributed by atoms with Crippen LogP contribution in [0.3, 0.4) is 0 Å². The summed E-state index contributed by atoms with van der Waals surface area (Å²) < 4.78 is 12.7. The van der Waals surface area contributed by atoms with Gasteiger partial charge in [-0.2, -0.15) is 0 Å². The summed E-state index contributed by atoms with van der Waals surface area (Å²) in [7, 11) is 0. The van der Waals surface area contributed by atoms with Crippen LogP contribution in [0.15, 0.2) is 24.3 Å². The second-order valence-electron chi connectivity index (χ2n) is 2.63. The van der Waals surface area contributed by atoms with Gasteiger partial charge in [-0.15, -0.1) is 0 Å². The molecule has 0 aromatic heterocycles. The van der Waals surface area contributed by atoms with Gasteiger partial charge in [0, 0.05) is 0 Å². The molecule has 0 amide bonds. The van der Waals surface area contributed by atoms with Crippen molar-refractivity contribution in [2.45, 2.75) is 19.5 Å². The number of carbonyl (C=O) groups is 1. The highest BCUT2D eigenvalue weighted by Crippen LogP contribution is 2.15. The van der Waals surface area contributed by atoms with E-state index in [1.807, 2.05) is 19.1 Å². The van der Waals surface area contributed by atoms with Crippen molar-refractivity contribution < 1.29 is 9.18 Å². The van der Waals surface area contributed by atoms with Gasteiger partial charge in [-0.25, -0.2) is 4.39 Å². The Morgan fingerprint density at radius 3 is 2.42 bits per heavy atom. The SMILES string of the molecule is CCc1ccc(C(F)C=O)cc1. The van der Waals surface area contributed by atoms with Gasteiger partial charge in [-0.05, 0) is 17.5 Å². The maximum atomic E-state index is 12.7. The Morgan fingerprint density at radius 2 is 2.00 bits per heavy atom. The van der Waals surface area contributed by atoms with Gasteiger partial charge in [0.1, 0.15) is 0 Å². The van der Waals surface area contributed by atoms with Crippen molar-refractivity contribution in [3.63, 3.8) is 0 Å². The molecule has 12 heavy (non-hydrogen) atoms. The molecule has 0 N–H and O–H groups in total. The predicted octanol–water partition coefficient (Wildman–Crippen LogP) is 2.46. The zero-order valence-corrected chi connectivity index (χ0v) is 6.96. The number of benzene rings is 1. The predicted molar refractivity (Wildman–Crippen MR) is 45.7 cm³/mol. The van der Waals surface area contributed by atoms with Crippen LogP contribution >= 0.6 is 0 Å². The number of hydrogen-bond donors (Lipinski definition) is 0. The normalized spacial score (nSPS) is 12.5. The molecular formula is C10H11FO. The van der Waals surface area contributed by atoms with Gasteiger partial charge >= 0.3 is 0 Å². The monoisotopic (exact) mass is 166 g/mol. The molecule has 2 heteroatoms. The molecule has 64 valence electrons. The van der Waals surface area contributed by atoms with Gasteiger partial charge < -0.3 is 0 Å². The van der Waals surface area contributed by atoms with Crippen LogP contribution in [0, 0.1) is 0 Å². The summed E-state index contributed by atoms with van der Waals surface area (Å²) in [5.41, 5.74) is 1.58. The quantitative estimate of drug-likeness (QED) is 0.630. The number of aryl methyl sites for hydroxylation is 1. The highest BCUT2D eigenvalue weighted by atomic mass is 19.1. The van der Waals surface area contributed by atoms with E-state index in [-0.39, 0.29) is 0 Å². The van der Waals surface area contributed by atoms with E-state index in [1.165, 1.54) is 0 Å². The second kappa shape index (κ2) is 4.00. The lowest BCUT2D eigenvalue weighted by molar-refractivity contribution is -0.112. The first-order chi connectivity index (χ1) is 5.77. The first-order valence-electron chi connectivity index (χ1n) is 3.96. The third-order valence-electron chi connectivity index (χ3n) is 1.83. The second-order valence-corrected chi connectivity index (χ2v) is 2.63. The van der Waals surface area contributed by atoms with E-state index in [1.54, 1.807) is 12.1 Å². The van der Waals surface area contributed by atoms with Crippen LogP contribution in [0.2, 0.25) is 0 Å². The molecule has 1 nitrogen and oxygen atoms in total. The van der Waals surface area contributed by atoms with E-state index in [2.05, 4.69) is 0 Å². The van der Waals surface area contributed by atoms with Crippen LogP contribution in [0.4, 0.5) is 4.39 Å². The first-order valence-corrected chi connectivity index (χ1v) is 3.96. The molecule has 0 saturated heterocycles. The van der Waals surface area contributed by atoms with Crippen molar-refractivity contribution in [1.82, 2.24) is 0 Å². The fourth-order valence-corrected chi connectivity index (χ4v) is 1.02. The Morgan fingerprint density at radius 1 is 1.42 bits per heavy atom. The van der Waals surface area contributed by atoms with E-state index in [0.717, 1.165) is 12.0 Å². The molecule has 0 saturated carbocycles. The summed E-state index contributed by atoms with van der Waals surface area (Å²) in [5, 5.41) is 0. The largest absolute Gasteiger partial charge is 0.300 e. The Balaban J connectivity index is 2.84. The van der Waals surface area contributed by atoms with Gasteiger partial charge in [-0.1, -0.05) is 31.2 Å². The minimum Gasteiger partial charge on any atom is -0.300 e. The molecule has 0 bridgehead atoms. The molecule has 0 fully saturated rings. The van der Waals surface area contributed by atoms with E-state index in [0.29, 0.717) is 11.8 Å². The minimum absolute atomic E-state index is 0.307. The van der Waals surface area contributed by atoms with Crippen molar-refractivity contribution in [2.24, 2.45) is 0 Å². The molecule has 0 aliphatic rings. The Bertz CT molecular complexity index is 253. The topological polar surface area (TPSA) is 17.1 Å². The van der Waals surface area contributed by atoms with Gasteiger partial charge in [0.2, 0.25) is 0 Å². The average molecular weight is 166 g/mol. The molecule has 0 heterocycles. The van der Waals surface area contributed by atoms with Gasteiger partial charge in [-0.3, -0.25) is 4.79 Å². The number of rotatable bonds is 3. The summed E-state index contributed by atoms with van der Waals surface area (Å²) in [6.45, 7) is 2.03. The Labute approximate surface area is 71.2 Å². The molecule has 1 rings (SSSR count). The van der Waals surface area contributed by atoms with Gasteiger partial charge in [0.05, 0.1) is 0 Å². The van der Waals surface area contributed by atoms with Gasteiger partial charge in [0.25, 0.3) is 0 Å². The van der Waals surface area contributed by atoms with Crippen LogP contribution < -0.4 is 0 Å². The standard InChI is InChI=1S/C10H11FO/c1-2-8-3-5-9(6-4-8)10(11)7-12/h3-7,10H,2H2,1H3. The van der Waals surface area contributed by atoms with Crippen LogP contribution in [0.1, 0.15) is 24.2 Å². The van der Waals surface area contributed by atoms with E-state index in [9.17, 15) is 9.18 Å². The molecule has 0 spiro atoms. The Kier molecular flexibility index (Phi) is 2.97. The number of halogens is 1. The minimum atomic E-state index is -1.48. The summed E-state index contributed by atoms with van der Waals surface area (Å²) in [4.78, 5) is 10.1. The van der Waals surface area contributed by atoms with Crippen molar-refractivity contribution in [2.75, 3.05) is 0 Å². The summed E-state index contributed by atoms with van der Waals surface area (Å²) in [6.07, 6.45) is -0.241. The van der Waals surface area contributed by atoms with E-state index in [4.69, 9.17) is 0 Å². The molecule has 0 radical (unpaired) electrons. The molecule has 0 aliphatic carbocycles. The number of carbonyl (C=O) groups excluding carboxylic acids is 1. The highest BCUT2D eigenvalue weighted by molar-refractivity contribution is 5.59. The lowest BCUT2D eigenvalue weighted by Gasteiger charge is -2.01. The molecule has 1 aromatic rings. The fourth-order valence-electron chi connectivity index (χ4n) is 1.02. The summed E-state index contributed by atoms with van der Waals surface area (Å²) in [6, 6.07) is 6.98. The lowest BCUT2D eigenvalue weighted by atomic mass is 10.1. The van der Waals surface area contributed by atoms with Crippen molar-refractivity contribution in [1.29, 1.82) is 0 Å². The third-order valence-corrected chi connectivity index (χ3v) is 1.83. The molecule has 0 aliphatic heterocycles. The zero-order chi connectivity index (χ0) is 8.97. The zero-order valence-electron chi connectivity index (χ0n) is 6.96. The summed E-state index contributed by atoms with van der Waals surface area (Å²) >= 11 is 0. The van der Waals surface area contributed by atoms with Crippen molar-refractivity contribution in [3.05, 3.63) is 35.4 Å². The molecule has 1 atom stereocenters. The number of hydrogen-bond acceptors (Lipinski definition) is 1. The highest BCUT2D eigenvalue weighted by Gasteiger charge is 2.06. The van der Waals surface area contributed by atoms with E-state index < -0.39 is 6.17 Å². The lowest BCUT2D eigenvalue weighted by Crippen LogP contribution is -1.92. The fraction of sp³-hybridized carbons (Fsp3) is 0.300. The van der Waals surface area contributed by atoms with Crippen molar-refractivity contribution in [3.8, 4) is 0 Å². The van der Waals surface area contributed by atoms with Crippen LogP contribution in [0.5, 0.6) is 0 Å². The molecular weight excluding hydrogens is 155 g/mol. The third kappa shape index (κ3) is 1.91. The van der Waals surface area contributed by atoms with Crippen LogP contribution in [-0.2, 0) is 11.2 Å². The van der Waals surface area contributed by atoms with E-state index >= 15 is 0 Å². The smallest absolute Gasteiger partial charge is 0.180 e.